The first-order valence-corrected chi connectivity index (χ1v) is 7.19. The van der Waals surface area contributed by atoms with Crippen LogP contribution < -0.4 is 9.47 Å². The van der Waals surface area contributed by atoms with Crippen LogP contribution in [0.15, 0.2) is 29.7 Å². The molecule has 5 nitrogen and oxygen atoms in total. The molecule has 0 radical (unpaired) electrons. The molecule has 1 heterocycles. The van der Waals surface area contributed by atoms with Crippen LogP contribution in [0.5, 0.6) is 11.5 Å². The van der Waals surface area contributed by atoms with Gasteiger partial charge < -0.3 is 14.6 Å². The van der Waals surface area contributed by atoms with Crippen LogP contribution in [0.1, 0.15) is 12.6 Å². The zero-order valence-corrected chi connectivity index (χ0v) is 12.5. The Balaban J connectivity index is 2.29. The smallest absolute Gasteiger partial charge is 0.328 e. The molecule has 2 rings (SSSR count). The molecule has 110 valence electrons. The lowest BCUT2D eigenvalue weighted by atomic mass is 10.2. The number of ether oxygens (including phenoxy) is 2. The van der Waals surface area contributed by atoms with Crippen LogP contribution in [0.3, 0.4) is 0 Å². The molecule has 2 aromatic rings. The fourth-order valence-corrected chi connectivity index (χ4v) is 2.51. The van der Waals surface area contributed by atoms with E-state index in [1.165, 1.54) is 17.4 Å². The molecule has 0 aliphatic rings. The molecular weight excluding hydrogens is 290 g/mol. The molecular formula is C15H15NO4S. The van der Waals surface area contributed by atoms with Gasteiger partial charge >= 0.3 is 5.97 Å². The number of thiazole rings is 1. The minimum Gasteiger partial charge on any atom is -0.493 e. The standard InChI is InChI=1S/C15H15NO4S/c1-3-20-13-8-10(4-6-12(13)19-2)15-16-11(9-21-15)5-7-14(17)18/h4-9H,3H2,1-2H3,(H,17,18)/b7-5+. The normalized spacial score (nSPS) is 10.8. The quantitative estimate of drug-likeness (QED) is 0.829. The van der Waals surface area contributed by atoms with Gasteiger partial charge in [-0.2, -0.15) is 0 Å². The summed E-state index contributed by atoms with van der Waals surface area (Å²) in [6, 6.07) is 5.59. The number of carboxylic acid groups (broad SMARTS) is 1. The summed E-state index contributed by atoms with van der Waals surface area (Å²) in [7, 11) is 1.59. The first kappa shape index (κ1) is 15.1. The van der Waals surface area contributed by atoms with Crippen molar-refractivity contribution in [3.05, 3.63) is 35.3 Å². The van der Waals surface area contributed by atoms with Gasteiger partial charge in [-0.05, 0) is 31.2 Å². The molecule has 1 aromatic carbocycles. The van der Waals surface area contributed by atoms with Crippen LogP contribution in [-0.2, 0) is 4.79 Å². The minimum absolute atomic E-state index is 0.546. The van der Waals surface area contributed by atoms with Crippen LogP contribution in [0, 0.1) is 0 Å². The predicted octanol–water partition coefficient (Wildman–Crippen LogP) is 3.32. The Morgan fingerprint density at radius 2 is 2.24 bits per heavy atom. The van der Waals surface area contributed by atoms with Crippen LogP contribution in [0.2, 0.25) is 0 Å². The summed E-state index contributed by atoms with van der Waals surface area (Å²) in [4.78, 5) is 14.9. The molecule has 0 saturated carbocycles. The molecule has 0 aliphatic heterocycles. The first-order valence-electron chi connectivity index (χ1n) is 6.31. The third-order valence-corrected chi connectivity index (χ3v) is 3.54. The molecule has 0 atom stereocenters. The molecule has 0 saturated heterocycles. The number of rotatable bonds is 6. The molecule has 0 fully saturated rings. The first-order chi connectivity index (χ1) is 10.1. The van der Waals surface area contributed by atoms with Crippen molar-refractivity contribution in [1.82, 2.24) is 4.98 Å². The highest BCUT2D eigenvalue weighted by atomic mass is 32.1. The van der Waals surface area contributed by atoms with Gasteiger partial charge in [-0.15, -0.1) is 11.3 Å². The number of hydrogen-bond acceptors (Lipinski definition) is 5. The van der Waals surface area contributed by atoms with Crippen molar-refractivity contribution >= 4 is 23.4 Å². The molecule has 1 aromatic heterocycles. The van der Waals surface area contributed by atoms with Gasteiger partial charge in [-0.25, -0.2) is 9.78 Å². The van der Waals surface area contributed by atoms with Gasteiger partial charge in [-0.3, -0.25) is 0 Å². The SMILES string of the molecule is CCOc1cc(-c2nc(/C=C/C(=O)O)cs2)ccc1OC. The van der Waals surface area contributed by atoms with Crippen LogP contribution in [-0.4, -0.2) is 29.8 Å². The number of nitrogens with zero attached hydrogens (tertiary/aromatic N) is 1. The summed E-state index contributed by atoms with van der Waals surface area (Å²) < 4.78 is 10.8. The van der Waals surface area contributed by atoms with E-state index in [-0.39, 0.29) is 0 Å². The monoisotopic (exact) mass is 305 g/mol. The van der Waals surface area contributed by atoms with Crippen LogP contribution in [0.4, 0.5) is 0 Å². The lowest BCUT2D eigenvalue weighted by Crippen LogP contribution is -1.95. The van der Waals surface area contributed by atoms with Crippen molar-refractivity contribution in [3.63, 3.8) is 0 Å². The predicted molar refractivity (Wildman–Crippen MR) is 81.9 cm³/mol. The van der Waals surface area contributed by atoms with E-state index in [0.29, 0.717) is 23.8 Å². The lowest BCUT2D eigenvalue weighted by molar-refractivity contribution is -0.131. The second-order valence-corrected chi connectivity index (χ2v) is 4.91. The number of methoxy groups -OCH3 is 1. The largest absolute Gasteiger partial charge is 0.493 e. The Morgan fingerprint density at radius 1 is 1.43 bits per heavy atom. The third kappa shape index (κ3) is 3.82. The van der Waals surface area contributed by atoms with Crippen molar-refractivity contribution in [1.29, 1.82) is 0 Å². The number of hydrogen-bond donors (Lipinski definition) is 1. The average molecular weight is 305 g/mol. The van der Waals surface area contributed by atoms with Crippen molar-refractivity contribution in [2.75, 3.05) is 13.7 Å². The fraction of sp³-hybridized carbons (Fsp3) is 0.200. The molecule has 1 N–H and O–H groups in total. The molecule has 21 heavy (non-hydrogen) atoms. The molecule has 0 unspecified atom stereocenters. The van der Waals surface area contributed by atoms with Gasteiger partial charge in [0.05, 0.1) is 19.4 Å². The summed E-state index contributed by atoms with van der Waals surface area (Å²) in [5, 5.41) is 11.2. The van der Waals surface area contributed by atoms with Crippen molar-refractivity contribution in [2.45, 2.75) is 6.92 Å². The maximum Gasteiger partial charge on any atom is 0.328 e. The van der Waals surface area contributed by atoms with Gasteiger partial charge in [0.2, 0.25) is 0 Å². The van der Waals surface area contributed by atoms with E-state index in [1.807, 2.05) is 25.1 Å². The van der Waals surface area contributed by atoms with Crippen LogP contribution >= 0.6 is 11.3 Å². The summed E-state index contributed by atoms with van der Waals surface area (Å²) in [6.07, 6.45) is 2.54. The summed E-state index contributed by atoms with van der Waals surface area (Å²) in [5.41, 5.74) is 1.52. The number of benzene rings is 1. The topological polar surface area (TPSA) is 68.7 Å². The Kier molecular flexibility index (Phi) is 4.94. The lowest BCUT2D eigenvalue weighted by Gasteiger charge is -2.09. The summed E-state index contributed by atoms with van der Waals surface area (Å²) >= 11 is 1.44. The molecule has 0 bridgehead atoms. The van der Waals surface area contributed by atoms with E-state index < -0.39 is 5.97 Å². The number of aromatic nitrogens is 1. The van der Waals surface area contributed by atoms with E-state index in [2.05, 4.69) is 4.98 Å². The van der Waals surface area contributed by atoms with Crippen LogP contribution in [0.25, 0.3) is 16.6 Å². The number of aliphatic carboxylic acids is 1. The Labute approximate surface area is 126 Å². The Hall–Kier alpha value is -2.34. The molecule has 0 aliphatic carbocycles. The Bertz CT molecular complexity index is 663. The second-order valence-electron chi connectivity index (χ2n) is 4.05. The molecule has 6 heteroatoms. The number of carboxylic acids is 1. The Morgan fingerprint density at radius 3 is 2.90 bits per heavy atom. The highest BCUT2D eigenvalue weighted by Gasteiger charge is 2.09. The van der Waals surface area contributed by atoms with E-state index in [9.17, 15) is 4.79 Å². The maximum absolute atomic E-state index is 10.5. The van der Waals surface area contributed by atoms with E-state index in [1.54, 1.807) is 12.5 Å². The minimum atomic E-state index is -0.993. The van der Waals surface area contributed by atoms with E-state index in [0.717, 1.165) is 16.6 Å². The zero-order chi connectivity index (χ0) is 15.2. The maximum atomic E-state index is 10.5. The highest BCUT2D eigenvalue weighted by molar-refractivity contribution is 7.13. The third-order valence-electron chi connectivity index (χ3n) is 2.63. The molecule has 0 amide bonds. The second kappa shape index (κ2) is 6.90. The van der Waals surface area contributed by atoms with Gasteiger partial charge in [0.15, 0.2) is 11.5 Å². The van der Waals surface area contributed by atoms with Crippen molar-refractivity contribution in [3.8, 4) is 22.1 Å². The molecule has 0 spiro atoms. The summed E-state index contributed by atoms with van der Waals surface area (Å²) in [6.45, 7) is 2.45. The van der Waals surface area contributed by atoms with Gasteiger partial charge in [0.1, 0.15) is 5.01 Å². The van der Waals surface area contributed by atoms with Gasteiger partial charge in [0, 0.05) is 17.0 Å². The average Bonchev–Trinajstić information content (AvgIpc) is 2.94. The van der Waals surface area contributed by atoms with E-state index >= 15 is 0 Å². The van der Waals surface area contributed by atoms with E-state index in [4.69, 9.17) is 14.6 Å². The highest BCUT2D eigenvalue weighted by Crippen LogP contribution is 2.33. The van der Waals surface area contributed by atoms with Crippen molar-refractivity contribution in [2.24, 2.45) is 0 Å². The van der Waals surface area contributed by atoms with Crippen molar-refractivity contribution < 1.29 is 19.4 Å². The van der Waals surface area contributed by atoms with Gasteiger partial charge in [-0.1, -0.05) is 0 Å². The fourth-order valence-electron chi connectivity index (χ4n) is 1.73. The van der Waals surface area contributed by atoms with Gasteiger partial charge in [0.25, 0.3) is 0 Å². The zero-order valence-electron chi connectivity index (χ0n) is 11.7. The summed E-state index contributed by atoms with van der Waals surface area (Å²) in [5.74, 6) is 0.339. The number of carbonyl (C=O) groups is 1.